The summed E-state index contributed by atoms with van der Waals surface area (Å²) in [4.78, 5) is 29.5. The van der Waals surface area contributed by atoms with E-state index in [1.807, 2.05) is 0 Å². The van der Waals surface area contributed by atoms with Gasteiger partial charge in [-0.15, -0.1) is 0 Å². The summed E-state index contributed by atoms with van der Waals surface area (Å²) in [6.45, 7) is 0. The zero-order valence-electron chi connectivity index (χ0n) is 10.7. The van der Waals surface area contributed by atoms with Crippen molar-refractivity contribution in [3.8, 4) is 0 Å². The van der Waals surface area contributed by atoms with Crippen LogP contribution in [0.5, 0.6) is 0 Å². The normalized spacial score (nSPS) is 11.0. The van der Waals surface area contributed by atoms with Crippen LogP contribution in [0.4, 0.5) is 5.69 Å². The fraction of sp³-hybridized carbons (Fsp3) is 0.0769. The Hall–Kier alpha value is -2.48. The van der Waals surface area contributed by atoms with Gasteiger partial charge in [0.15, 0.2) is 0 Å². The fourth-order valence-corrected chi connectivity index (χ4v) is 2.60. The summed E-state index contributed by atoms with van der Waals surface area (Å²) in [5.41, 5.74) is 1.85. The van der Waals surface area contributed by atoms with Crippen molar-refractivity contribution >= 4 is 49.5 Å². The van der Waals surface area contributed by atoms with Gasteiger partial charge in [-0.25, -0.2) is 9.78 Å². The summed E-state index contributed by atoms with van der Waals surface area (Å²) < 4.78 is 5.22. The van der Waals surface area contributed by atoms with Gasteiger partial charge in [-0.1, -0.05) is 0 Å². The standard InChI is InChI=1S/C13H8BrN3O4/c1-21-13(18)8-5-10(14)16-11-7-3-2-6(17(19)20)4-9(7)15-12(8)11/h2-5,15H,1H3. The number of methoxy groups -OCH3 is 1. The molecule has 0 spiro atoms. The highest BCUT2D eigenvalue weighted by Crippen LogP contribution is 2.30. The quantitative estimate of drug-likeness (QED) is 0.331. The summed E-state index contributed by atoms with van der Waals surface area (Å²) in [6, 6.07) is 5.95. The highest BCUT2D eigenvalue weighted by Gasteiger charge is 2.18. The predicted molar refractivity (Wildman–Crippen MR) is 79.3 cm³/mol. The number of esters is 1. The second-order valence-electron chi connectivity index (χ2n) is 4.32. The number of pyridine rings is 1. The van der Waals surface area contributed by atoms with E-state index in [4.69, 9.17) is 4.74 Å². The molecule has 2 aromatic heterocycles. The third-order valence-corrected chi connectivity index (χ3v) is 3.53. The predicted octanol–water partition coefficient (Wildman–Crippen LogP) is 3.17. The number of aromatic amines is 1. The lowest BCUT2D eigenvalue weighted by Crippen LogP contribution is -2.02. The minimum Gasteiger partial charge on any atom is -0.465 e. The molecule has 3 rings (SSSR count). The van der Waals surface area contributed by atoms with Gasteiger partial charge in [0.1, 0.15) is 4.60 Å². The van der Waals surface area contributed by atoms with Crippen molar-refractivity contribution in [2.45, 2.75) is 0 Å². The number of fused-ring (bicyclic) bond motifs is 3. The zero-order valence-corrected chi connectivity index (χ0v) is 12.3. The molecule has 3 aromatic rings. The minimum absolute atomic E-state index is 0.0345. The largest absolute Gasteiger partial charge is 0.465 e. The van der Waals surface area contributed by atoms with Crippen molar-refractivity contribution < 1.29 is 14.5 Å². The number of nitrogens with zero attached hydrogens (tertiary/aromatic N) is 2. The molecule has 0 bridgehead atoms. The average molecular weight is 350 g/mol. The van der Waals surface area contributed by atoms with E-state index in [1.54, 1.807) is 6.07 Å². The molecule has 2 heterocycles. The van der Waals surface area contributed by atoms with Gasteiger partial charge in [-0.05, 0) is 28.1 Å². The first-order valence-corrected chi connectivity index (χ1v) is 6.65. The third kappa shape index (κ3) is 2.13. The van der Waals surface area contributed by atoms with Crippen LogP contribution < -0.4 is 0 Å². The number of H-pyrrole nitrogens is 1. The van der Waals surface area contributed by atoms with Crippen molar-refractivity contribution in [1.29, 1.82) is 0 Å². The van der Waals surface area contributed by atoms with Crippen molar-refractivity contribution in [3.63, 3.8) is 0 Å². The lowest BCUT2D eigenvalue weighted by molar-refractivity contribution is -0.384. The molecule has 7 nitrogen and oxygen atoms in total. The van der Waals surface area contributed by atoms with E-state index in [1.165, 1.54) is 25.3 Å². The first-order valence-electron chi connectivity index (χ1n) is 5.86. The number of ether oxygens (including phenoxy) is 1. The molecule has 0 saturated heterocycles. The maximum Gasteiger partial charge on any atom is 0.340 e. The zero-order chi connectivity index (χ0) is 15.1. The fourth-order valence-electron chi connectivity index (χ4n) is 2.20. The van der Waals surface area contributed by atoms with Gasteiger partial charge in [0.2, 0.25) is 0 Å². The Labute approximate surface area is 126 Å². The Balaban J connectivity index is 2.39. The highest BCUT2D eigenvalue weighted by atomic mass is 79.9. The number of carbonyl (C=O) groups is 1. The first kappa shape index (κ1) is 13.5. The summed E-state index contributed by atoms with van der Waals surface area (Å²) in [5.74, 6) is -0.510. The summed E-state index contributed by atoms with van der Waals surface area (Å²) >= 11 is 3.25. The summed E-state index contributed by atoms with van der Waals surface area (Å²) in [7, 11) is 1.29. The van der Waals surface area contributed by atoms with Crippen LogP contribution in [0.2, 0.25) is 0 Å². The summed E-state index contributed by atoms with van der Waals surface area (Å²) in [5, 5.41) is 11.5. The van der Waals surface area contributed by atoms with E-state index >= 15 is 0 Å². The van der Waals surface area contributed by atoms with Crippen LogP contribution >= 0.6 is 15.9 Å². The molecule has 0 aliphatic rings. The van der Waals surface area contributed by atoms with Gasteiger partial charge in [0, 0.05) is 17.5 Å². The van der Waals surface area contributed by atoms with Gasteiger partial charge in [-0.3, -0.25) is 10.1 Å². The molecule has 1 aromatic carbocycles. The molecular weight excluding hydrogens is 342 g/mol. The monoisotopic (exact) mass is 349 g/mol. The Kier molecular flexibility index (Phi) is 3.09. The molecule has 0 unspecified atom stereocenters. The Morgan fingerprint density at radius 1 is 1.43 bits per heavy atom. The Bertz CT molecular complexity index is 903. The molecule has 106 valence electrons. The average Bonchev–Trinajstić information content (AvgIpc) is 2.83. The van der Waals surface area contributed by atoms with Crippen LogP contribution in [-0.4, -0.2) is 28.0 Å². The molecule has 0 amide bonds. The molecule has 1 N–H and O–H groups in total. The van der Waals surface area contributed by atoms with E-state index in [9.17, 15) is 14.9 Å². The van der Waals surface area contributed by atoms with Crippen LogP contribution in [0, 0.1) is 10.1 Å². The van der Waals surface area contributed by atoms with E-state index in [0.717, 1.165) is 0 Å². The van der Waals surface area contributed by atoms with Gasteiger partial charge in [-0.2, -0.15) is 0 Å². The number of hydrogen-bond donors (Lipinski definition) is 1. The first-order chi connectivity index (χ1) is 10.0. The van der Waals surface area contributed by atoms with Crippen LogP contribution in [-0.2, 0) is 4.74 Å². The maximum absolute atomic E-state index is 11.8. The number of halogens is 1. The van der Waals surface area contributed by atoms with Gasteiger partial charge >= 0.3 is 5.97 Å². The van der Waals surface area contributed by atoms with Crippen molar-refractivity contribution in [1.82, 2.24) is 9.97 Å². The number of nitrogens with one attached hydrogen (secondary N) is 1. The van der Waals surface area contributed by atoms with Gasteiger partial charge in [0.05, 0.1) is 34.1 Å². The van der Waals surface area contributed by atoms with Gasteiger partial charge < -0.3 is 9.72 Å². The van der Waals surface area contributed by atoms with Crippen LogP contribution in [0.15, 0.2) is 28.9 Å². The Morgan fingerprint density at radius 2 is 2.19 bits per heavy atom. The second-order valence-corrected chi connectivity index (χ2v) is 5.13. The number of benzene rings is 1. The van der Waals surface area contributed by atoms with Crippen molar-refractivity contribution in [2.24, 2.45) is 0 Å². The third-order valence-electron chi connectivity index (χ3n) is 3.12. The molecule has 0 radical (unpaired) electrons. The highest BCUT2D eigenvalue weighted by molar-refractivity contribution is 9.10. The molecule has 0 aliphatic heterocycles. The number of aromatic nitrogens is 2. The van der Waals surface area contributed by atoms with E-state index in [-0.39, 0.29) is 5.69 Å². The molecule has 0 fully saturated rings. The summed E-state index contributed by atoms with van der Waals surface area (Å²) in [6.07, 6.45) is 0. The molecule has 21 heavy (non-hydrogen) atoms. The minimum atomic E-state index is -0.510. The van der Waals surface area contributed by atoms with Gasteiger partial charge in [0.25, 0.3) is 5.69 Å². The number of carbonyl (C=O) groups excluding carboxylic acids is 1. The SMILES string of the molecule is COC(=O)c1cc(Br)nc2c1[nH]c1cc([N+](=O)[O-])ccc12. The van der Waals surface area contributed by atoms with E-state index < -0.39 is 10.9 Å². The molecule has 0 atom stereocenters. The van der Waals surface area contributed by atoms with E-state index in [0.29, 0.717) is 32.1 Å². The van der Waals surface area contributed by atoms with Crippen LogP contribution in [0.3, 0.4) is 0 Å². The lowest BCUT2D eigenvalue weighted by atomic mass is 10.2. The Morgan fingerprint density at radius 3 is 2.86 bits per heavy atom. The molecular formula is C13H8BrN3O4. The lowest BCUT2D eigenvalue weighted by Gasteiger charge is -2.01. The molecule has 8 heteroatoms. The number of nitro benzene ring substituents is 1. The topological polar surface area (TPSA) is 98.1 Å². The smallest absolute Gasteiger partial charge is 0.340 e. The number of hydrogen-bond acceptors (Lipinski definition) is 5. The number of nitro groups is 1. The number of rotatable bonds is 2. The van der Waals surface area contributed by atoms with Crippen molar-refractivity contribution in [3.05, 3.63) is 44.5 Å². The second kappa shape index (κ2) is 4.81. The van der Waals surface area contributed by atoms with Crippen LogP contribution in [0.25, 0.3) is 21.9 Å². The van der Waals surface area contributed by atoms with Crippen molar-refractivity contribution in [2.75, 3.05) is 7.11 Å². The van der Waals surface area contributed by atoms with E-state index in [2.05, 4.69) is 25.9 Å². The maximum atomic E-state index is 11.8. The molecule has 0 aliphatic carbocycles. The van der Waals surface area contributed by atoms with Crippen LogP contribution in [0.1, 0.15) is 10.4 Å². The molecule has 0 saturated carbocycles. The number of non-ortho nitro benzene ring substituents is 1.